The number of para-hydroxylation sites is 3. The molecule has 12 rings (SSSR count). The van der Waals surface area contributed by atoms with Crippen LogP contribution in [0.15, 0.2) is 235 Å². The molecule has 0 amide bonds. The van der Waals surface area contributed by atoms with Crippen molar-refractivity contribution in [1.29, 1.82) is 0 Å². The minimum absolute atomic E-state index is 0.455. The zero-order valence-electron chi connectivity index (χ0n) is 34.8. The highest BCUT2D eigenvalue weighted by molar-refractivity contribution is 5.97. The van der Waals surface area contributed by atoms with Gasteiger partial charge in [-0.2, -0.15) is 10.2 Å². The van der Waals surface area contributed by atoms with E-state index in [1.54, 1.807) is 12.4 Å². The van der Waals surface area contributed by atoms with E-state index in [0.29, 0.717) is 0 Å². The maximum Gasteiger partial charge on any atom is 0.0973 e. The Bertz CT molecular complexity index is 3370. The van der Waals surface area contributed by atoms with Crippen molar-refractivity contribution in [1.82, 2.24) is 9.97 Å². The number of aromatic nitrogens is 2. The van der Waals surface area contributed by atoms with Gasteiger partial charge in [0.15, 0.2) is 0 Å². The van der Waals surface area contributed by atoms with Crippen LogP contribution in [0.4, 0.5) is 17.1 Å². The van der Waals surface area contributed by atoms with Crippen LogP contribution < -0.4 is 4.90 Å². The lowest BCUT2D eigenvalue weighted by Gasteiger charge is -2.30. The van der Waals surface area contributed by atoms with Gasteiger partial charge in [0.2, 0.25) is 0 Å². The quantitative estimate of drug-likeness (QED) is 0.113. The molecule has 0 saturated heterocycles. The first kappa shape index (κ1) is 37.2. The van der Waals surface area contributed by atoms with Gasteiger partial charge in [0, 0.05) is 28.2 Å². The molecule has 9 aromatic carbocycles. The Morgan fingerprint density at radius 1 is 0.344 bits per heavy atom. The summed E-state index contributed by atoms with van der Waals surface area (Å²) < 4.78 is 0. The molecule has 0 fully saturated rings. The molecule has 0 unspecified atom stereocenters. The highest BCUT2D eigenvalue weighted by Crippen LogP contribution is 2.63. The summed E-state index contributed by atoms with van der Waals surface area (Å²) in [6.45, 7) is 0. The molecule has 1 aromatic heterocycles. The van der Waals surface area contributed by atoms with Crippen molar-refractivity contribution in [2.75, 3.05) is 4.90 Å². The Balaban J connectivity index is 0.950. The van der Waals surface area contributed by atoms with Gasteiger partial charge in [-0.25, -0.2) is 9.97 Å². The molecule has 0 saturated carbocycles. The molecule has 300 valence electrons. The van der Waals surface area contributed by atoms with Gasteiger partial charge < -0.3 is 4.90 Å². The van der Waals surface area contributed by atoms with Crippen molar-refractivity contribution in [3.05, 3.63) is 258 Å². The summed E-state index contributed by atoms with van der Waals surface area (Å²) in [7, 11) is 0. The largest absolute Gasteiger partial charge is 0.311 e. The third-order valence-electron chi connectivity index (χ3n) is 12.7. The predicted molar refractivity (Wildman–Crippen MR) is 263 cm³/mol. The minimum atomic E-state index is -0.455. The second kappa shape index (κ2) is 15.4. The fraction of sp³-hybridized carbons (Fsp3) is 0.0169. The van der Waals surface area contributed by atoms with E-state index >= 15 is 0 Å². The highest BCUT2D eigenvalue weighted by atomic mass is 15.2. The third-order valence-corrected chi connectivity index (χ3v) is 12.7. The number of nitrogens with zero attached hydrogens (tertiary/aromatic N) is 5. The van der Waals surface area contributed by atoms with Crippen molar-refractivity contribution < 1.29 is 0 Å². The molecule has 64 heavy (non-hydrogen) atoms. The molecule has 1 heterocycles. The SMILES string of the molecule is C(=NN=Cc1ccc(N(c2ccccc2)c2ccc(-c3nc4ccccc4nc3-c3ccc4c(c3)C3(c5ccccc5-c5ccccc53)c3ccccc3-4)cc2)cc1)c1ccccc1. The standard InChI is InChI=1S/C59H39N5/c1-3-15-40(16-4-1)38-60-61-39-41-27-32-45(33-28-41)64(44-17-5-2-6-18-44)46-34-29-42(30-35-46)57-58(63-56-26-14-13-25-55(56)62-57)43-31-36-50-49-21-9-12-24-53(49)59(54(50)37-43)51-22-10-7-19-47(51)48-20-8-11-23-52(48)59/h1-39H. The van der Waals surface area contributed by atoms with Crippen LogP contribution >= 0.6 is 0 Å². The molecule has 0 bridgehead atoms. The van der Waals surface area contributed by atoms with E-state index in [0.717, 1.165) is 61.7 Å². The Kier molecular flexibility index (Phi) is 8.97. The maximum absolute atomic E-state index is 5.41. The van der Waals surface area contributed by atoms with Crippen molar-refractivity contribution in [3.63, 3.8) is 0 Å². The van der Waals surface area contributed by atoms with Crippen molar-refractivity contribution in [3.8, 4) is 44.8 Å². The summed E-state index contributed by atoms with van der Waals surface area (Å²) in [5, 5.41) is 8.54. The van der Waals surface area contributed by atoms with Gasteiger partial charge >= 0.3 is 0 Å². The van der Waals surface area contributed by atoms with E-state index in [2.05, 4.69) is 185 Å². The Morgan fingerprint density at radius 3 is 1.31 bits per heavy atom. The third kappa shape index (κ3) is 6.09. The molecule has 1 spiro atoms. The van der Waals surface area contributed by atoms with E-state index in [4.69, 9.17) is 9.97 Å². The van der Waals surface area contributed by atoms with Crippen LogP contribution in [-0.4, -0.2) is 22.4 Å². The summed E-state index contributed by atoms with van der Waals surface area (Å²) in [6.07, 6.45) is 3.53. The Hall–Kier alpha value is -8.54. The molecule has 5 heteroatoms. The lowest BCUT2D eigenvalue weighted by atomic mass is 9.70. The lowest BCUT2D eigenvalue weighted by Crippen LogP contribution is -2.25. The van der Waals surface area contributed by atoms with Gasteiger partial charge in [-0.1, -0.05) is 170 Å². The number of benzene rings is 9. The van der Waals surface area contributed by atoms with E-state index in [1.165, 1.54) is 44.5 Å². The van der Waals surface area contributed by atoms with Gasteiger partial charge in [-0.05, 0) is 110 Å². The Morgan fingerprint density at radius 2 is 0.750 bits per heavy atom. The van der Waals surface area contributed by atoms with Gasteiger partial charge in [0.25, 0.3) is 0 Å². The summed E-state index contributed by atoms with van der Waals surface area (Å²) in [5.74, 6) is 0. The average Bonchev–Trinajstić information content (AvgIpc) is 3.83. The van der Waals surface area contributed by atoms with Crippen LogP contribution in [-0.2, 0) is 5.41 Å². The lowest BCUT2D eigenvalue weighted by molar-refractivity contribution is 0.794. The molecule has 0 aliphatic heterocycles. The normalized spacial score (nSPS) is 13.0. The summed E-state index contributed by atoms with van der Waals surface area (Å²) in [6, 6.07) is 79.4. The number of hydrogen-bond acceptors (Lipinski definition) is 5. The summed E-state index contributed by atoms with van der Waals surface area (Å²) >= 11 is 0. The summed E-state index contributed by atoms with van der Waals surface area (Å²) in [4.78, 5) is 13.0. The number of anilines is 3. The molecule has 2 aliphatic carbocycles. The molecular formula is C59H39N5. The van der Waals surface area contributed by atoms with Crippen LogP contribution in [0.5, 0.6) is 0 Å². The van der Waals surface area contributed by atoms with E-state index in [1.807, 2.05) is 54.6 Å². The van der Waals surface area contributed by atoms with Crippen LogP contribution in [0.3, 0.4) is 0 Å². The molecule has 0 atom stereocenters. The fourth-order valence-electron chi connectivity index (χ4n) is 9.89. The second-order valence-electron chi connectivity index (χ2n) is 16.3. The van der Waals surface area contributed by atoms with E-state index in [-0.39, 0.29) is 0 Å². The summed E-state index contributed by atoms with van der Waals surface area (Å²) in [5.41, 5.74) is 20.4. The Labute approximate surface area is 372 Å². The zero-order valence-corrected chi connectivity index (χ0v) is 34.8. The topological polar surface area (TPSA) is 53.7 Å². The molecule has 2 aliphatic rings. The first-order valence-corrected chi connectivity index (χ1v) is 21.6. The van der Waals surface area contributed by atoms with E-state index < -0.39 is 5.41 Å². The van der Waals surface area contributed by atoms with Crippen LogP contribution in [0.1, 0.15) is 33.4 Å². The smallest absolute Gasteiger partial charge is 0.0973 e. The first-order chi connectivity index (χ1) is 31.7. The number of rotatable bonds is 8. The van der Waals surface area contributed by atoms with Crippen LogP contribution in [0.25, 0.3) is 55.8 Å². The number of fused-ring (bicyclic) bond motifs is 11. The van der Waals surface area contributed by atoms with Gasteiger partial charge in [0.1, 0.15) is 0 Å². The second-order valence-corrected chi connectivity index (χ2v) is 16.3. The van der Waals surface area contributed by atoms with Crippen molar-refractivity contribution in [2.45, 2.75) is 5.41 Å². The molecular weight excluding hydrogens is 779 g/mol. The molecule has 10 aromatic rings. The number of hydrogen-bond donors (Lipinski definition) is 0. The van der Waals surface area contributed by atoms with Gasteiger partial charge in [0.05, 0.1) is 40.3 Å². The molecule has 0 N–H and O–H groups in total. The first-order valence-electron chi connectivity index (χ1n) is 21.6. The minimum Gasteiger partial charge on any atom is -0.311 e. The highest BCUT2D eigenvalue weighted by Gasteiger charge is 2.51. The molecule has 5 nitrogen and oxygen atoms in total. The van der Waals surface area contributed by atoms with Crippen molar-refractivity contribution >= 4 is 40.5 Å². The van der Waals surface area contributed by atoms with Crippen LogP contribution in [0.2, 0.25) is 0 Å². The van der Waals surface area contributed by atoms with Crippen molar-refractivity contribution in [2.24, 2.45) is 10.2 Å². The van der Waals surface area contributed by atoms with Crippen LogP contribution in [0, 0.1) is 0 Å². The van der Waals surface area contributed by atoms with E-state index in [9.17, 15) is 0 Å². The van der Waals surface area contributed by atoms with Gasteiger partial charge in [-0.3, -0.25) is 0 Å². The fourth-order valence-corrected chi connectivity index (χ4v) is 9.89. The molecule has 0 radical (unpaired) electrons. The monoisotopic (exact) mass is 817 g/mol. The predicted octanol–water partition coefficient (Wildman–Crippen LogP) is 14.2. The average molecular weight is 818 g/mol. The zero-order chi connectivity index (χ0) is 42.5. The maximum atomic E-state index is 5.41. The van der Waals surface area contributed by atoms with Gasteiger partial charge in [-0.15, -0.1) is 0 Å².